The molecular formula is C15H14N2O4. The molecule has 1 amide bonds. The predicted molar refractivity (Wildman–Crippen MR) is 73.7 cm³/mol. The summed E-state index contributed by atoms with van der Waals surface area (Å²) in [5.74, 6) is 2.04. The molecule has 1 aromatic carbocycles. The Morgan fingerprint density at radius 3 is 2.90 bits per heavy atom. The summed E-state index contributed by atoms with van der Waals surface area (Å²) in [5, 5.41) is 6.88. The van der Waals surface area contributed by atoms with Crippen molar-refractivity contribution in [3.05, 3.63) is 35.2 Å². The lowest BCUT2D eigenvalue weighted by atomic mass is 10.1. The zero-order chi connectivity index (χ0) is 14.4. The van der Waals surface area contributed by atoms with Gasteiger partial charge in [-0.05, 0) is 31.9 Å². The smallest absolute Gasteiger partial charge is 0.261 e. The zero-order valence-corrected chi connectivity index (χ0v) is 11.5. The molecule has 1 saturated carbocycles. The van der Waals surface area contributed by atoms with Crippen LogP contribution in [-0.4, -0.2) is 17.9 Å². The SMILES string of the molecule is Cc1onc(C2CC2)c1C(=O)Nc1ccc2c(c1)OCO2. The summed E-state index contributed by atoms with van der Waals surface area (Å²) in [7, 11) is 0. The Hall–Kier alpha value is -2.50. The van der Waals surface area contributed by atoms with Crippen molar-refractivity contribution in [3.8, 4) is 11.5 Å². The van der Waals surface area contributed by atoms with Gasteiger partial charge in [-0.2, -0.15) is 0 Å². The van der Waals surface area contributed by atoms with Gasteiger partial charge in [0.15, 0.2) is 11.5 Å². The average Bonchev–Trinajstić information content (AvgIpc) is 3.08. The number of carbonyl (C=O) groups is 1. The number of hydrogen-bond acceptors (Lipinski definition) is 5. The highest BCUT2D eigenvalue weighted by atomic mass is 16.7. The van der Waals surface area contributed by atoms with E-state index in [1.807, 2.05) is 0 Å². The van der Waals surface area contributed by atoms with E-state index >= 15 is 0 Å². The quantitative estimate of drug-likeness (QED) is 0.939. The molecule has 2 aliphatic rings. The van der Waals surface area contributed by atoms with Crippen molar-refractivity contribution in [2.24, 2.45) is 0 Å². The molecule has 6 heteroatoms. The van der Waals surface area contributed by atoms with E-state index in [0.717, 1.165) is 18.5 Å². The Kier molecular flexibility index (Phi) is 2.63. The highest BCUT2D eigenvalue weighted by Crippen LogP contribution is 2.42. The fourth-order valence-electron chi connectivity index (χ4n) is 2.47. The summed E-state index contributed by atoms with van der Waals surface area (Å²) in [6.45, 7) is 1.97. The van der Waals surface area contributed by atoms with Crippen LogP contribution in [0.2, 0.25) is 0 Å². The number of nitrogens with one attached hydrogen (secondary N) is 1. The molecule has 2 aromatic rings. The second kappa shape index (κ2) is 4.51. The molecule has 0 bridgehead atoms. The molecule has 2 heterocycles. The van der Waals surface area contributed by atoms with Crippen LogP contribution in [0.25, 0.3) is 0 Å². The van der Waals surface area contributed by atoms with Crippen molar-refractivity contribution < 1.29 is 18.8 Å². The largest absolute Gasteiger partial charge is 0.454 e. The van der Waals surface area contributed by atoms with Gasteiger partial charge in [0.1, 0.15) is 11.3 Å². The molecule has 1 N–H and O–H groups in total. The Morgan fingerprint density at radius 2 is 2.10 bits per heavy atom. The van der Waals surface area contributed by atoms with Crippen molar-refractivity contribution in [1.82, 2.24) is 5.16 Å². The topological polar surface area (TPSA) is 73.6 Å². The summed E-state index contributed by atoms with van der Waals surface area (Å²) in [6.07, 6.45) is 2.13. The minimum atomic E-state index is -0.200. The molecule has 4 rings (SSSR count). The third kappa shape index (κ3) is 2.12. The lowest BCUT2D eigenvalue weighted by Crippen LogP contribution is -2.14. The highest BCUT2D eigenvalue weighted by molar-refractivity contribution is 6.06. The van der Waals surface area contributed by atoms with E-state index in [1.165, 1.54) is 0 Å². The van der Waals surface area contributed by atoms with Crippen LogP contribution in [0.15, 0.2) is 22.7 Å². The monoisotopic (exact) mass is 286 g/mol. The van der Waals surface area contributed by atoms with E-state index in [1.54, 1.807) is 25.1 Å². The molecule has 1 aromatic heterocycles. The van der Waals surface area contributed by atoms with Gasteiger partial charge in [-0.3, -0.25) is 4.79 Å². The van der Waals surface area contributed by atoms with Crippen LogP contribution in [-0.2, 0) is 0 Å². The van der Waals surface area contributed by atoms with Crippen molar-refractivity contribution in [3.63, 3.8) is 0 Å². The van der Waals surface area contributed by atoms with Gasteiger partial charge in [0.2, 0.25) is 6.79 Å². The van der Waals surface area contributed by atoms with Crippen LogP contribution in [0.1, 0.15) is 40.6 Å². The minimum absolute atomic E-state index is 0.200. The van der Waals surface area contributed by atoms with Crippen LogP contribution >= 0.6 is 0 Å². The van der Waals surface area contributed by atoms with Crippen molar-refractivity contribution in [1.29, 1.82) is 0 Å². The molecular weight excluding hydrogens is 272 g/mol. The Bertz CT molecular complexity index is 718. The van der Waals surface area contributed by atoms with Gasteiger partial charge in [-0.25, -0.2) is 0 Å². The maximum atomic E-state index is 12.5. The number of amides is 1. The van der Waals surface area contributed by atoms with E-state index in [-0.39, 0.29) is 12.7 Å². The number of hydrogen-bond donors (Lipinski definition) is 1. The van der Waals surface area contributed by atoms with Gasteiger partial charge < -0.3 is 19.3 Å². The standard InChI is InChI=1S/C15H14N2O4/c1-8-13(14(17-21-8)9-2-3-9)15(18)16-10-4-5-11-12(6-10)20-7-19-11/h4-6,9H,2-3,7H2,1H3,(H,16,18). The van der Waals surface area contributed by atoms with Gasteiger partial charge in [-0.15, -0.1) is 0 Å². The Morgan fingerprint density at radius 1 is 1.29 bits per heavy atom. The summed E-state index contributed by atoms with van der Waals surface area (Å²) in [5.41, 5.74) is 1.98. The van der Waals surface area contributed by atoms with Crippen LogP contribution < -0.4 is 14.8 Å². The number of aryl methyl sites for hydroxylation is 1. The van der Waals surface area contributed by atoms with Crippen molar-refractivity contribution in [2.75, 3.05) is 12.1 Å². The Balaban J connectivity index is 1.60. The van der Waals surface area contributed by atoms with Crippen LogP contribution in [0.3, 0.4) is 0 Å². The van der Waals surface area contributed by atoms with Gasteiger partial charge in [0, 0.05) is 17.7 Å². The molecule has 0 unspecified atom stereocenters. The molecule has 21 heavy (non-hydrogen) atoms. The summed E-state index contributed by atoms with van der Waals surface area (Å²) >= 11 is 0. The fourth-order valence-corrected chi connectivity index (χ4v) is 2.47. The maximum Gasteiger partial charge on any atom is 0.261 e. The van der Waals surface area contributed by atoms with Crippen LogP contribution in [0.5, 0.6) is 11.5 Å². The van der Waals surface area contributed by atoms with Crippen molar-refractivity contribution in [2.45, 2.75) is 25.7 Å². The zero-order valence-electron chi connectivity index (χ0n) is 11.5. The van der Waals surface area contributed by atoms with Gasteiger partial charge >= 0.3 is 0 Å². The molecule has 1 aliphatic carbocycles. The van der Waals surface area contributed by atoms with Crippen LogP contribution in [0, 0.1) is 6.92 Å². The normalized spacial score (nSPS) is 16.0. The molecule has 0 spiro atoms. The second-order valence-corrected chi connectivity index (χ2v) is 5.30. The number of benzene rings is 1. The molecule has 0 saturated heterocycles. The number of nitrogens with zero attached hydrogens (tertiary/aromatic N) is 1. The first kappa shape index (κ1) is 12.3. The van der Waals surface area contributed by atoms with Crippen LogP contribution in [0.4, 0.5) is 5.69 Å². The van der Waals surface area contributed by atoms with E-state index in [4.69, 9.17) is 14.0 Å². The first-order valence-electron chi connectivity index (χ1n) is 6.89. The summed E-state index contributed by atoms with van der Waals surface area (Å²) < 4.78 is 15.7. The first-order valence-corrected chi connectivity index (χ1v) is 6.89. The predicted octanol–water partition coefficient (Wildman–Crippen LogP) is 2.84. The number of carbonyl (C=O) groups excluding carboxylic acids is 1. The van der Waals surface area contributed by atoms with E-state index in [2.05, 4.69) is 10.5 Å². The average molecular weight is 286 g/mol. The number of aromatic nitrogens is 1. The summed E-state index contributed by atoms with van der Waals surface area (Å²) in [6, 6.07) is 5.31. The minimum Gasteiger partial charge on any atom is -0.454 e. The Labute approximate surface area is 121 Å². The number of fused-ring (bicyclic) bond motifs is 1. The van der Waals surface area contributed by atoms with E-state index < -0.39 is 0 Å². The molecule has 108 valence electrons. The lowest BCUT2D eigenvalue weighted by molar-refractivity contribution is 0.102. The van der Waals surface area contributed by atoms with Gasteiger partial charge in [-0.1, -0.05) is 5.16 Å². The van der Waals surface area contributed by atoms with Gasteiger partial charge in [0.25, 0.3) is 5.91 Å². The third-order valence-electron chi connectivity index (χ3n) is 3.71. The molecule has 0 radical (unpaired) electrons. The second-order valence-electron chi connectivity index (χ2n) is 5.30. The first-order chi connectivity index (χ1) is 10.2. The van der Waals surface area contributed by atoms with Gasteiger partial charge in [0.05, 0.1) is 5.69 Å². The summed E-state index contributed by atoms with van der Waals surface area (Å²) in [4.78, 5) is 12.5. The highest BCUT2D eigenvalue weighted by Gasteiger charge is 2.33. The fraction of sp³-hybridized carbons (Fsp3) is 0.333. The van der Waals surface area contributed by atoms with E-state index in [9.17, 15) is 4.79 Å². The molecule has 6 nitrogen and oxygen atoms in total. The van der Waals surface area contributed by atoms with Crippen molar-refractivity contribution >= 4 is 11.6 Å². The molecule has 1 fully saturated rings. The lowest BCUT2D eigenvalue weighted by Gasteiger charge is -2.06. The third-order valence-corrected chi connectivity index (χ3v) is 3.71. The van der Waals surface area contributed by atoms with E-state index in [0.29, 0.717) is 34.4 Å². The molecule has 1 aliphatic heterocycles. The number of anilines is 1. The number of ether oxygens (including phenoxy) is 2. The number of rotatable bonds is 3. The maximum absolute atomic E-state index is 12.5. The molecule has 0 atom stereocenters.